The molecular formula is C23H23N3O2. The average molecular weight is 373 g/mol. The minimum Gasteiger partial charge on any atom is -0.457 e. The third-order valence-corrected chi connectivity index (χ3v) is 5.31. The van der Waals surface area contributed by atoms with Gasteiger partial charge in [0.05, 0.1) is 5.69 Å². The van der Waals surface area contributed by atoms with E-state index in [1.807, 2.05) is 72.8 Å². The van der Waals surface area contributed by atoms with E-state index in [-0.39, 0.29) is 5.91 Å². The van der Waals surface area contributed by atoms with Gasteiger partial charge in [0.25, 0.3) is 0 Å². The molecule has 3 aromatic rings. The van der Waals surface area contributed by atoms with Crippen molar-refractivity contribution in [1.82, 2.24) is 9.88 Å². The first-order valence-corrected chi connectivity index (χ1v) is 9.47. The number of pyridine rings is 1. The lowest BCUT2D eigenvalue weighted by Gasteiger charge is -2.35. The number of ether oxygens (including phenoxy) is 1. The Labute approximate surface area is 164 Å². The van der Waals surface area contributed by atoms with Crippen LogP contribution in [0.4, 0.5) is 0 Å². The molecule has 1 aliphatic heterocycles. The number of nitrogens with zero attached hydrogens (tertiary/aromatic N) is 2. The van der Waals surface area contributed by atoms with Gasteiger partial charge in [-0.15, -0.1) is 0 Å². The van der Waals surface area contributed by atoms with E-state index in [4.69, 9.17) is 10.5 Å². The van der Waals surface area contributed by atoms with Gasteiger partial charge in [-0.3, -0.25) is 14.7 Å². The molecule has 0 spiro atoms. The van der Waals surface area contributed by atoms with Crippen molar-refractivity contribution in [2.75, 3.05) is 6.54 Å². The molecule has 2 aromatic carbocycles. The number of aromatic nitrogens is 1. The van der Waals surface area contributed by atoms with E-state index in [9.17, 15) is 4.79 Å². The van der Waals surface area contributed by atoms with E-state index in [0.717, 1.165) is 30.0 Å². The van der Waals surface area contributed by atoms with Crippen LogP contribution in [0.25, 0.3) is 0 Å². The zero-order valence-electron chi connectivity index (χ0n) is 15.6. The number of carbonyl (C=O) groups is 1. The molecule has 1 unspecified atom stereocenters. The Bertz CT molecular complexity index is 946. The molecule has 1 fully saturated rings. The van der Waals surface area contributed by atoms with Crippen LogP contribution >= 0.6 is 0 Å². The Morgan fingerprint density at radius 3 is 2.54 bits per heavy atom. The molecule has 0 aliphatic carbocycles. The van der Waals surface area contributed by atoms with Gasteiger partial charge in [0.2, 0.25) is 5.91 Å². The SMILES string of the molecule is NC(=O)C1(c2ccccn2)CCCN1Cc1ccccc1Oc1ccccc1. The summed E-state index contributed by atoms with van der Waals surface area (Å²) in [6.07, 6.45) is 3.27. The number of likely N-dealkylation sites (tertiary alicyclic amines) is 1. The van der Waals surface area contributed by atoms with E-state index in [1.54, 1.807) is 6.20 Å². The van der Waals surface area contributed by atoms with Crippen molar-refractivity contribution in [3.8, 4) is 11.5 Å². The molecule has 0 radical (unpaired) electrons. The predicted octanol–water partition coefficient (Wildman–Crippen LogP) is 3.85. The summed E-state index contributed by atoms with van der Waals surface area (Å²) in [7, 11) is 0. The fourth-order valence-electron chi connectivity index (χ4n) is 3.95. The predicted molar refractivity (Wildman–Crippen MR) is 108 cm³/mol. The number of primary amides is 1. The summed E-state index contributed by atoms with van der Waals surface area (Å²) >= 11 is 0. The number of nitrogens with two attached hydrogens (primary N) is 1. The summed E-state index contributed by atoms with van der Waals surface area (Å²) in [5, 5.41) is 0. The maximum Gasteiger partial charge on any atom is 0.244 e. The molecule has 142 valence electrons. The summed E-state index contributed by atoms with van der Waals surface area (Å²) in [5.41, 5.74) is 6.75. The highest BCUT2D eigenvalue weighted by atomic mass is 16.5. The molecule has 0 bridgehead atoms. The molecule has 5 heteroatoms. The maximum absolute atomic E-state index is 12.6. The molecule has 1 aliphatic rings. The van der Waals surface area contributed by atoms with Crippen molar-refractivity contribution in [2.45, 2.75) is 24.9 Å². The second-order valence-corrected chi connectivity index (χ2v) is 6.99. The third kappa shape index (κ3) is 3.37. The lowest BCUT2D eigenvalue weighted by atomic mass is 9.90. The topological polar surface area (TPSA) is 68.5 Å². The molecule has 4 rings (SSSR count). The van der Waals surface area contributed by atoms with Crippen LogP contribution in [0.1, 0.15) is 24.1 Å². The first kappa shape index (κ1) is 18.2. The minimum absolute atomic E-state index is 0.356. The van der Waals surface area contributed by atoms with Crippen molar-refractivity contribution in [3.05, 3.63) is 90.3 Å². The van der Waals surface area contributed by atoms with Crippen molar-refractivity contribution in [3.63, 3.8) is 0 Å². The van der Waals surface area contributed by atoms with Crippen LogP contribution in [0.15, 0.2) is 79.0 Å². The Hall–Kier alpha value is -3.18. The Kier molecular flexibility index (Phi) is 5.08. The number of carbonyl (C=O) groups excluding carboxylic acids is 1. The van der Waals surface area contributed by atoms with Gasteiger partial charge >= 0.3 is 0 Å². The van der Waals surface area contributed by atoms with Crippen LogP contribution in [-0.2, 0) is 16.9 Å². The van der Waals surface area contributed by atoms with Crippen LogP contribution in [-0.4, -0.2) is 22.3 Å². The fourth-order valence-corrected chi connectivity index (χ4v) is 3.95. The zero-order valence-corrected chi connectivity index (χ0v) is 15.6. The van der Waals surface area contributed by atoms with Crippen LogP contribution in [0.5, 0.6) is 11.5 Å². The fraction of sp³-hybridized carbons (Fsp3) is 0.217. The van der Waals surface area contributed by atoms with E-state index in [1.165, 1.54) is 0 Å². The van der Waals surface area contributed by atoms with Gasteiger partial charge in [0.15, 0.2) is 0 Å². The second-order valence-electron chi connectivity index (χ2n) is 6.99. The van der Waals surface area contributed by atoms with Gasteiger partial charge in [-0.05, 0) is 49.7 Å². The van der Waals surface area contributed by atoms with E-state index in [2.05, 4.69) is 9.88 Å². The third-order valence-electron chi connectivity index (χ3n) is 5.31. The van der Waals surface area contributed by atoms with Gasteiger partial charge in [0.1, 0.15) is 17.0 Å². The highest BCUT2D eigenvalue weighted by molar-refractivity contribution is 5.86. The molecule has 1 atom stereocenters. The number of rotatable bonds is 6. The number of hydrogen-bond donors (Lipinski definition) is 1. The molecule has 5 nitrogen and oxygen atoms in total. The normalized spacial score (nSPS) is 19.4. The van der Waals surface area contributed by atoms with Crippen LogP contribution < -0.4 is 10.5 Å². The van der Waals surface area contributed by atoms with Crippen molar-refractivity contribution >= 4 is 5.91 Å². The lowest BCUT2D eigenvalue weighted by molar-refractivity contribution is -0.129. The summed E-state index contributed by atoms with van der Waals surface area (Å²) in [5.74, 6) is 1.20. The quantitative estimate of drug-likeness (QED) is 0.713. The van der Waals surface area contributed by atoms with E-state index < -0.39 is 5.54 Å². The van der Waals surface area contributed by atoms with Crippen LogP contribution in [0.3, 0.4) is 0 Å². The first-order valence-electron chi connectivity index (χ1n) is 9.47. The highest BCUT2D eigenvalue weighted by Crippen LogP contribution is 2.40. The number of para-hydroxylation sites is 2. The van der Waals surface area contributed by atoms with Crippen molar-refractivity contribution < 1.29 is 9.53 Å². The van der Waals surface area contributed by atoms with E-state index >= 15 is 0 Å². The van der Waals surface area contributed by atoms with Gasteiger partial charge in [-0.2, -0.15) is 0 Å². The zero-order chi connectivity index (χ0) is 19.4. The maximum atomic E-state index is 12.6. The van der Waals surface area contributed by atoms with Gasteiger partial charge in [-0.25, -0.2) is 0 Å². The lowest BCUT2D eigenvalue weighted by Crippen LogP contribution is -2.51. The summed E-state index contributed by atoms with van der Waals surface area (Å²) in [6.45, 7) is 1.34. The molecule has 0 saturated carbocycles. The molecular weight excluding hydrogens is 350 g/mol. The van der Waals surface area contributed by atoms with Gasteiger partial charge in [-0.1, -0.05) is 42.5 Å². The standard InChI is InChI=1S/C23H23N3O2/c24-22(27)23(21-13-6-7-15-25-21)14-8-16-26(23)17-18-9-4-5-12-20(18)28-19-10-2-1-3-11-19/h1-7,9-13,15H,8,14,16-17H2,(H2,24,27). The molecule has 2 N–H and O–H groups in total. The largest absolute Gasteiger partial charge is 0.457 e. The summed E-state index contributed by atoms with van der Waals surface area (Å²) < 4.78 is 6.10. The number of hydrogen-bond acceptors (Lipinski definition) is 4. The Balaban J connectivity index is 1.66. The minimum atomic E-state index is -0.888. The molecule has 1 saturated heterocycles. The molecule has 1 amide bonds. The van der Waals surface area contributed by atoms with Crippen LogP contribution in [0, 0.1) is 0 Å². The molecule has 28 heavy (non-hydrogen) atoms. The van der Waals surface area contributed by atoms with Crippen LogP contribution in [0.2, 0.25) is 0 Å². The van der Waals surface area contributed by atoms with E-state index in [0.29, 0.717) is 18.7 Å². The summed E-state index contributed by atoms with van der Waals surface area (Å²) in [6, 6.07) is 23.2. The molecule has 2 heterocycles. The summed E-state index contributed by atoms with van der Waals surface area (Å²) in [4.78, 5) is 19.2. The highest BCUT2D eigenvalue weighted by Gasteiger charge is 2.48. The van der Waals surface area contributed by atoms with Gasteiger partial charge < -0.3 is 10.5 Å². The smallest absolute Gasteiger partial charge is 0.244 e. The average Bonchev–Trinajstić information content (AvgIpc) is 3.16. The number of benzene rings is 2. The Morgan fingerprint density at radius 2 is 1.79 bits per heavy atom. The van der Waals surface area contributed by atoms with Gasteiger partial charge in [0, 0.05) is 18.3 Å². The monoisotopic (exact) mass is 373 g/mol. The van der Waals surface area contributed by atoms with Crippen molar-refractivity contribution in [2.24, 2.45) is 5.73 Å². The first-order chi connectivity index (χ1) is 13.7. The van der Waals surface area contributed by atoms with Crippen molar-refractivity contribution in [1.29, 1.82) is 0 Å². The Morgan fingerprint density at radius 1 is 1.04 bits per heavy atom. The second kappa shape index (κ2) is 7.82. The molecule has 1 aromatic heterocycles. The number of amides is 1.